The lowest BCUT2D eigenvalue weighted by Gasteiger charge is -2.19. The van der Waals surface area contributed by atoms with Crippen molar-refractivity contribution in [2.24, 2.45) is 7.05 Å². The molecule has 1 aliphatic carbocycles. The number of rotatable bonds is 4. The molecule has 2 unspecified atom stereocenters. The molecular weight excluding hydrogens is 206 g/mol. The van der Waals surface area contributed by atoms with Crippen molar-refractivity contribution in [3.8, 4) is 0 Å². The molecule has 1 N–H and O–H groups in total. The molecule has 0 aliphatic heterocycles. The van der Waals surface area contributed by atoms with Crippen LogP contribution in [0.2, 0.25) is 0 Å². The molecular formula is C11H19N3S. The highest BCUT2D eigenvalue weighted by molar-refractivity contribution is 7.99. The van der Waals surface area contributed by atoms with Crippen LogP contribution in [0.15, 0.2) is 12.3 Å². The lowest BCUT2D eigenvalue weighted by atomic mass is 10.2. The maximum Gasteiger partial charge on any atom is 0.0518 e. The third-order valence-corrected chi connectivity index (χ3v) is 4.39. The first kappa shape index (κ1) is 11.0. The van der Waals surface area contributed by atoms with Gasteiger partial charge in [0.25, 0.3) is 0 Å². The Balaban J connectivity index is 1.85. The number of nitrogens with zero attached hydrogens (tertiary/aromatic N) is 2. The molecule has 2 rings (SSSR count). The van der Waals surface area contributed by atoms with E-state index in [1.807, 2.05) is 29.7 Å². The Kier molecular flexibility index (Phi) is 3.70. The van der Waals surface area contributed by atoms with Gasteiger partial charge in [0.2, 0.25) is 0 Å². The largest absolute Gasteiger partial charge is 0.307 e. The van der Waals surface area contributed by atoms with Crippen molar-refractivity contribution < 1.29 is 0 Å². The summed E-state index contributed by atoms with van der Waals surface area (Å²) in [6.45, 7) is 0.943. The van der Waals surface area contributed by atoms with Crippen LogP contribution >= 0.6 is 11.8 Å². The Morgan fingerprint density at radius 3 is 3.13 bits per heavy atom. The second-order valence-electron chi connectivity index (χ2n) is 4.14. The van der Waals surface area contributed by atoms with Crippen LogP contribution in [0, 0.1) is 0 Å². The average molecular weight is 225 g/mol. The third kappa shape index (κ3) is 2.55. The van der Waals surface area contributed by atoms with Crippen LogP contribution in [0.4, 0.5) is 0 Å². The van der Waals surface area contributed by atoms with E-state index in [2.05, 4.69) is 22.7 Å². The van der Waals surface area contributed by atoms with Gasteiger partial charge in [0.1, 0.15) is 0 Å². The zero-order chi connectivity index (χ0) is 10.7. The van der Waals surface area contributed by atoms with Gasteiger partial charge in [-0.1, -0.05) is 6.42 Å². The van der Waals surface area contributed by atoms with Crippen LogP contribution in [0.5, 0.6) is 0 Å². The summed E-state index contributed by atoms with van der Waals surface area (Å²) < 4.78 is 1.94. The summed E-state index contributed by atoms with van der Waals surface area (Å²) in [4.78, 5) is 0. The third-order valence-electron chi connectivity index (χ3n) is 3.22. The molecule has 0 radical (unpaired) electrons. The van der Waals surface area contributed by atoms with E-state index in [9.17, 15) is 0 Å². The van der Waals surface area contributed by atoms with Gasteiger partial charge in [0.05, 0.1) is 5.69 Å². The van der Waals surface area contributed by atoms with Crippen LogP contribution in [0.3, 0.4) is 0 Å². The van der Waals surface area contributed by atoms with Crippen molar-refractivity contribution in [3.05, 3.63) is 18.0 Å². The fourth-order valence-electron chi connectivity index (χ4n) is 2.25. The molecule has 0 saturated heterocycles. The summed E-state index contributed by atoms with van der Waals surface area (Å²) in [6, 6.07) is 2.77. The van der Waals surface area contributed by atoms with Gasteiger partial charge >= 0.3 is 0 Å². The molecule has 1 heterocycles. The van der Waals surface area contributed by atoms with Crippen molar-refractivity contribution in [2.75, 3.05) is 6.26 Å². The normalized spacial score (nSPS) is 26.0. The highest BCUT2D eigenvalue weighted by Crippen LogP contribution is 2.28. The molecule has 4 heteroatoms. The second-order valence-corrected chi connectivity index (χ2v) is 5.22. The van der Waals surface area contributed by atoms with E-state index in [-0.39, 0.29) is 0 Å². The Hall–Kier alpha value is -0.480. The van der Waals surface area contributed by atoms with Gasteiger partial charge in [-0.05, 0) is 25.2 Å². The zero-order valence-corrected chi connectivity index (χ0v) is 10.3. The van der Waals surface area contributed by atoms with Gasteiger partial charge in [0.15, 0.2) is 0 Å². The number of nitrogens with one attached hydrogen (secondary N) is 1. The topological polar surface area (TPSA) is 29.9 Å². The molecule has 0 bridgehead atoms. The van der Waals surface area contributed by atoms with Gasteiger partial charge in [-0.3, -0.25) is 4.68 Å². The van der Waals surface area contributed by atoms with Crippen molar-refractivity contribution in [1.29, 1.82) is 0 Å². The standard InChI is InChI=1S/C11H19N3S/c1-14-9(6-7-13-14)8-12-10-4-3-5-11(10)15-2/h6-7,10-12H,3-5,8H2,1-2H3. The van der Waals surface area contributed by atoms with Crippen LogP contribution in [0.25, 0.3) is 0 Å². The molecule has 3 nitrogen and oxygen atoms in total. The Labute approximate surface area is 95.6 Å². The maximum atomic E-state index is 4.17. The number of hydrogen-bond donors (Lipinski definition) is 1. The first-order valence-corrected chi connectivity index (χ1v) is 6.83. The summed E-state index contributed by atoms with van der Waals surface area (Å²) in [5.74, 6) is 0. The van der Waals surface area contributed by atoms with E-state index in [4.69, 9.17) is 0 Å². The second kappa shape index (κ2) is 5.03. The molecule has 1 aliphatic rings. The van der Waals surface area contributed by atoms with Crippen LogP contribution in [-0.4, -0.2) is 27.3 Å². The summed E-state index contributed by atoms with van der Waals surface area (Å²) in [7, 11) is 2.00. The van der Waals surface area contributed by atoms with Crippen molar-refractivity contribution in [3.63, 3.8) is 0 Å². The fraction of sp³-hybridized carbons (Fsp3) is 0.727. The van der Waals surface area contributed by atoms with Gasteiger partial charge in [-0.2, -0.15) is 16.9 Å². The van der Waals surface area contributed by atoms with Crippen LogP contribution < -0.4 is 5.32 Å². The average Bonchev–Trinajstić information content (AvgIpc) is 2.83. The number of hydrogen-bond acceptors (Lipinski definition) is 3. The van der Waals surface area contributed by atoms with E-state index >= 15 is 0 Å². The van der Waals surface area contributed by atoms with E-state index < -0.39 is 0 Å². The fourth-order valence-corrected chi connectivity index (χ4v) is 3.22. The Bertz CT molecular complexity index is 311. The molecule has 84 valence electrons. The predicted octanol–water partition coefficient (Wildman–Crippen LogP) is 1.79. The quantitative estimate of drug-likeness (QED) is 0.847. The number of aryl methyl sites for hydroxylation is 1. The minimum absolute atomic E-state index is 0.690. The summed E-state index contributed by atoms with van der Waals surface area (Å²) >= 11 is 2.00. The zero-order valence-electron chi connectivity index (χ0n) is 9.44. The van der Waals surface area contributed by atoms with Crippen LogP contribution in [0.1, 0.15) is 25.0 Å². The van der Waals surface area contributed by atoms with Crippen molar-refractivity contribution >= 4 is 11.8 Å². The van der Waals surface area contributed by atoms with Crippen molar-refractivity contribution in [1.82, 2.24) is 15.1 Å². The molecule has 0 spiro atoms. The summed E-state index contributed by atoms with van der Waals surface area (Å²) in [6.07, 6.45) is 8.13. The van der Waals surface area contributed by atoms with Gasteiger partial charge in [0, 0.05) is 31.1 Å². The Morgan fingerprint density at radius 1 is 1.60 bits per heavy atom. The lowest BCUT2D eigenvalue weighted by molar-refractivity contribution is 0.515. The van der Waals surface area contributed by atoms with Gasteiger partial charge in [-0.25, -0.2) is 0 Å². The van der Waals surface area contributed by atoms with E-state index in [1.165, 1.54) is 25.0 Å². The molecule has 1 aromatic rings. The van der Waals surface area contributed by atoms with Gasteiger partial charge in [-0.15, -0.1) is 0 Å². The van der Waals surface area contributed by atoms with Crippen LogP contribution in [-0.2, 0) is 13.6 Å². The monoisotopic (exact) mass is 225 g/mol. The minimum atomic E-state index is 0.690. The molecule has 0 amide bonds. The molecule has 1 fully saturated rings. The van der Waals surface area contributed by atoms with Gasteiger partial charge < -0.3 is 5.32 Å². The number of thioether (sulfide) groups is 1. The summed E-state index contributed by atoms with van der Waals surface area (Å²) in [5, 5.41) is 8.62. The lowest BCUT2D eigenvalue weighted by Crippen LogP contribution is -2.33. The predicted molar refractivity (Wildman–Crippen MR) is 65.0 cm³/mol. The van der Waals surface area contributed by atoms with E-state index in [1.54, 1.807) is 0 Å². The first-order valence-electron chi connectivity index (χ1n) is 5.54. The van der Waals surface area contributed by atoms with Crippen molar-refractivity contribution in [2.45, 2.75) is 37.1 Å². The minimum Gasteiger partial charge on any atom is -0.307 e. The Morgan fingerprint density at radius 2 is 2.47 bits per heavy atom. The highest BCUT2D eigenvalue weighted by atomic mass is 32.2. The smallest absolute Gasteiger partial charge is 0.0518 e. The number of aromatic nitrogens is 2. The summed E-state index contributed by atoms with van der Waals surface area (Å²) in [5.41, 5.74) is 1.27. The molecule has 0 aromatic carbocycles. The SMILES string of the molecule is CSC1CCCC1NCc1ccnn1C. The maximum absolute atomic E-state index is 4.17. The van der Waals surface area contributed by atoms with E-state index in [0.717, 1.165) is 11.8 Å². The molecule has 1 aromatic heterocycles. The molecule has 2 atom stereocenters. The molecule has 15 heavy (non-hydrogen) atoms. The van der Waals surface area contributed by atoms with E-state index in [0.29, 0.717) is 6.04 Å². The first-order chi connectivity index (χ1) is 7.31. The highest BCUT2D eigenvalue weighted by Gasteiger charge is 2.25. The molecule has 1 saturated carbocycles.